The van der Waals surface area contributed by atoms with Crippen molar-refractivity contribution in [1.29, 1.82) is 0 Å². The van der Waals surface area contributed by atoms with Gasteiger partial charge in [-0.15, -0.1) is 0 Å². The van der Waals surface area contributed by atoms with Crippen molar-refractivity contribution < 1.29 is 23.8 Å². The molecule has 40 heavy (non-hydrogen) atoms. The van der Waals surface area contributed by atoms with Gasteiger partial charge < -0.3 is 20.5 Å². The van der Waals surface area contributed by atoms with Crippen molar-refractivity contribution in [3.63, 3.8) is 0 Å². The number of halogens is 2. The number of aromatic nitrogens is 1. The number of rotatable bonds is 6. The molecule has 1 saturated carbocycles. The first kappa shape index (κ1) is 25.8. The van der Waals surface area contributed by atoms with Crippen LogP contribution in [-0.2, 0) is 10.3 Å². The van der Waals surface area contributed by atoms with E-state index in [1.807, 2.05) is 18.2 Å². The molecule has 1 aliphatic carbocycles. The van der Waals surface area contributed by atoms with Crippen LogP contribution in [0.3, 0.4) is 0 Å². The number of nitrogens with one attached hydrogen (secondary N) is 2. The van der Waals surface area contributed by atoms with Gasteiger partial charge in [-0.2, -0.15) is 0 Å². The van der Waals surface area contributed by atoms with Crippen LogP contribution in [0.25, 0.3) is 11.1 Å². The molecule has 2 heterocycles. The summed E-state index contributed by atoms with van der Waals surface area (Å²) in [6, 6.07) is 19.6. The molecule has 1 fully saturated rings. The average molecular weight is 558 g/mol. The third-order valence-corrected chi connectivity index (χ3v) is 7.84. The van der Waals surface area contributed by atoms with E-state index >= 15 is 0 Å². The second kappa shape index (κ2) is 9.95. The Morgan fingerprint density at radius 1 is 1.07 bits per heavy atom. The van der Waals surface area contributed by atoms with Gasteiger partial charge in [0.25, 0.3) is 5.91 Å². The first-order valence-corrected chi connectivity index (χ1v) is 13.2. The zero-order chi connectivity index (χ0) is 28.0. The lowest BCUT2D eigenvalue weighted by molar-refractivity contribution is -0.123. The third kappa shape index (κ3) is 4.54. The Bertz CT molecular complexity index is 1620. The maximum atomic E-state index is 13.6. The Hall–Kier alpha value is -4.43. The van der Waals surface area contributed by atoms with Gasteiger partial charge in [0.2, 0.25) is 5.91 Å². The van der Waals surface area contributed by atoms with Gasteiger partial charge in [-0.3, -0.25) is 14.6 Å². The van der Waals surface area contributed by atoms with E-state index in [1.165, 1.54) is 18.2 Å². The van der Waals surface area contributed by atoms with Crippen LogP contribution in [0.5, 0.6) is 11.5 Å². The lowest BCUT2D eigenvalue weighted by Gasteiger charge is -2.19. The summed E-state index contributed by atoms with van der Waals surface area (Å²) in [7, 11) is 1.55. The van der Waals surface area contributed by atoms with E-state index < -0.39 is 23.5 Å². The van der Waals surface area contributed by atoms with E-state index in [0.717, 1.165) is 18.5 Å². The Morgan fingerprint density at radius 3 is 2.52 bits per heavy atom. The Kier molecular flexibility index (Phi) is 6.43. The molecule has 1 aliphatic heterocycles. The predicted octanol–water partition coefficient (Wildman–Crippen LogP) is 5.63. The fraction of sp³-hybridized carbons (Fsp3) is 0.194. The lowest BCUT2D eigenvalue weighted by Crippen LogP contribution is -2.35. The summed E-state index contributed by atoms with van der Waals surface area (Å²) in [6.07, 6.45) is 2.53. The van der Waals surface area contributed by atoms with Gasteiger partial charge in [-0.05, 0) is 72.5 Å². The number of hydrogen-bond acceptors (Lipinski definition) is 5. The molecule has 2 amide bonds. The fourth-order valence-electron chi connectivity index (χ4n) is 5.25. The molecule has 0 spiro atoms. The van der Waals surface area contributed by atoms with Crippen molar-refractivity contribution in [3.8, 4) is 22.6 Å². The van der Waals surface area contributed by atoms with E-state index in [2.05, 4.69) is 15.6 Å². The first-order chi connectivity index (χ1) is 19.3. The SMILES string of the molecule is CNC(=O)C1c2cc(-c3cc(C(=O)NC4(c5ccccn5)CC4)c(O)cc3Cl)ccc2OC1c1ccc(F)cc1. The highest BCUT2D eigenvalue weighted by Gasteiger charge is 2.47. The second-order valence-electron chi connectivity index (χ2n) is 10.0. The van der Waals surface area contributed by atoms with Crippen molar-refractivity contribution in [2.75, 3.05) is 7.05 Å². The number of fused-ring (bicyclic) bond motifs is 1. The Balaban J connectivity index is 1.35. The van der Waals surface area contributed by atoms with Crippen molar-refractivity contribution in [1.82, 2.24) is 15.6 Å². The van der Waals surface area contributed by atoms with Gasteiger partial charge >= 0.3 is 0 Å². The van der Waals surface area contributed by atoms with Crippen molar-refractivity contribution in [2.24, 2.45) is 0 Å². The van der Waals surface area contributed by atoms with Crippen LogP contribution in [0.2, 0.25) is 5.02 Å². The molecule has 6 rings (SSSR count). The van der Waals surface area contributed by atoms with Gasteiger partial charge in [-0.1, -0.05) is 35.9 Å². The van der Waals surface area contributed by atoms with Crippen LogP contribution in [0.4, 0.5) is 4.39 Å². The molecule has 7 nitrogen and oxygen atoms in total. The van der Waals surface area contributed by atoms with Gasteiger partial charge in [0, 0.05) is 24.4 Å². The number of ether oxygens (including phenoxy) is 1. The highest BCUT2D eigenvalue weighted by atomic mass is 35.5. The highest BCUT2D eigenvalue weighted by molar-refractivity contribution is 6.33. The number of aromatic hydroxyl groups is 1. The van der Waals surface area contributed by atoms with Crippen molar-refractivity contribution in [3.05, 3.63) is 112 Å². The topological polar surface area (TPSA) is 101 Å². The maximum absolute atomic E-state index is 13.6. The van der Waals surface area contributed by atoms with Crippen molar-refractivity contribution in [2.45, 2.75) is 30.4 Å². The fourth-order valence-corrected chi connectivity index (χ4v) is 5.51. The van der Waals surface area contributed by atoms with Gasteiger partial charge in [-0.25, -0.2) is 4.39 Å². The molecule has 3 aromatic carbocycles. The Morgan fingerprint density at radius 2 is 1.85 bits per heavy atom. The molecule has 4 aromatic rings. The monoisotopic (exact) mass is 557 g/mol. The molecule has 0 saturated heterocycles. The van der Waals surface area contributed by atoms with E-state index in [1.54, 1.807) is 49.6 Å². The zero-order valence-electron chi connectivity index (χ0n) is 21.4. The smallest absolute Gasteiger partial charge is 0.255 e. The standard InChI is InChI=1S/C31H25ClFN3O4/c1-34-30(39)27-22-14-18(7-10-25(22)40-28(27)17-5-8-19(33)9-6-17)20-15-21(24(37)16-23(20)32)29(38)36-31(11-12-31)26-4-2-3-13-35-26/h2-10,13-16,27-28,37H,11-12H2,1H3,(H,34,39)(H,36,38). The molecular weight excluding hydrogens is 533 g/mol. The molecule has 2 aliphatic rings. The van der Waals surface area contributed by atoms with Crippen LogP contribution >= 0.6 is 11.6 Å². The number of benzene rings is 3. The normalized spacial score (nSPS) is 18.4. The van der Waals surface area contributed by atoms with E-state index in [-0.39, 0.29) is 28.1 Å². The molecular formula is C31H25ClFN3O4. The lowest BCUT2D eigenvalue weighted by atomic mass is 9.88. The number of phenols is 1. The van der Waals surface area contributed by atoms with Gasteiger partial charge in [0.15, 0.2) is 0 Å². The number of hydrogen-bond donors (Lipinski definition) is 3. The maximum Gasteiger partial charge on any atom is 0.255 e. The molecule has 2 unspecified atom stereocenters. The number of phenolic OH excluding ortho intramolecular Hbond substituents is 1. The largest absolute Gasteiger partial charge is 0.507 e. The van der Waals surface area contributed by atoms with Crippen LogP contribution in [-0.4, -0.2) is 29.0 Å². The highest BCUT2D eigenvalue weighted by Crippen LogP contribution is 2.49. The molecule has 202 valence electrons. The summed E-state index contributed by atoms with van der Waals surface area (Å²) in [5, 5.41) is 16.6. The molecule has 0 radical (unpaired) electrons. The summed E-state index contributed by atoms with van der Waals surface area (Å²) in [5.41, 5.74) is 2.73. The van der Waals surface area contributed by atoms with E-state index in [9.17, 15) is 19.1 Å². The number of nitrogens with zero attached hydrogens (tertiary/aromatic N) is 1. The number of carbonyl (C=O) groups excluding carboxylic acids is 2. The van der Waals surface area contributed by atoms with Crippen LogP contribution in [0, 0.1) is 5.82 Å². The average Bonchev–Trinajstić information content (AvgIpc) is 3.64. The quantitative estimate of drug-likeness (QED) is 0.285. The summed E-state index contributed by atoms with van der Waals surface area (Å²) in [5.74, 6) is -1.50. The molecule has 2 atom stereocenters. The summed E-state index contributed by atoms with van der Waals surface area (Å²) in [6.45, 7) is 0. The zero-order valence-corrected chi connectivity index (χ0v) is 22.2. The number of pyridine rings is 1. The number of amides is 2. The molecule has 3 N–H and O–H groups in total. The minimum Gasteiger partial charge on any atom is -0.507 e. The van der Waals surface area contributed by atoms with E-state index in [4.69, 9.17) is 16.3 Å². The summed E-state index contributed by atoms with van der Waals surface area (Å²) in [4.78, 5) is 30.7. The second-order valence-corrected chi connectivity index (χ2v) is 10.4. The number of carbonyl (C=O) groups is 2. The van der Waals surface area contributed by atoms with Crippen LogP contribution in [0.1, 0.15) is 52.0 Å². The Labute approximate surface area is 235 Å². The molecule has 0 bridgehead atoms. The first-order valence-electron chi connectivity index (χ1n) is 12.8. The van der Waals surface area contributed by atoms with Crippen molar-refractivity contribution >= 4 is 23.4 Å². The predicted molar refractivity (Wildman–Crippen MR) is 148 cm³/mol. The molecule has 9 heteroatoms. The minimum absolute atomic E-state index is 0.0744. The van der Waals surface area contributed by atoms with Gasteiger partial charge in [0.1, 0.15) is 29.3 Å². The summed E-state index contributed by atoms with van der Waals surface area (Å²) >= 11 is 6.55. The third-order valence-electron chi connectivity index (χ3n) is 7.53. The minimum atomic E-state index is -0.697. The van der Waals surface area contributed by atoms with Crippen LogP contribution < -0.4 is 15.4 Å². The number of likely N-dealkylation sites (N-methyl/N-ethyl adjacent to an activating group) is 1. The van der Waals surface area contributed by atoms with Crippen LogP contribution in [0.15, 0.2) is 79.0 Å². The summed E-state index contributed by atoms with van der Waals surface area (Å²) < 4.78 is 19.7. The van der Waals surface area contributed by atoms with Gasteiger partial charge in [0.05, 0.1) is 21.8 Å². The molecule has 1 aromatic heterocycles. The van der Waals surface area contributed by atoms with E-state index in [0.29, 0.717) is 28.0 Å².